The van der Waals surface area contributed by atoms with E-state index >= 15 is 0 Å². The van der Waals surface area contributed by atoms with E-state index in [4.69, 9.17) is 5.73 Å². The Hall–Kier alpha value is -0.560. The van der Waals surface area contributed by atoms with E-state index in [9.17, 15) is 0 Å². The third-order valence-corrected chi connectivity index (χ3v) is 2.48. The average molecular weight is 135 g/mol. The fourth-order valence-corrected chi connectivity index (χ4v) is 1.88. The summed E-state index contributed by atoms with van der Waals surface area (Å²) in [6, 6.07) is 0.389. The van der Waals surface area contributed by atoms with Crippen molar-refractivity contribution in [3.8, 4) is 0 Å². The maximum Gasteiger partial charge on any atom is 0.0262 e. The van der Waals surface area contributed by atoms with Crippen LogP contribution < -0.4 is 5.73 Å². The zero-order valence-corrected chi connectivity index (χ0v) is 6.14. The molecule has 1 atom stereocenters. The highest BCUT2D eigenvalue weighted by atomic mass is 14.6. The molecule has 0 aromatic carbocycles. The second kappa shape index (κ2) is 2.24. The van der Waals surface area contributed by atoms with Crippen LogP contribution in [0.15, 0.2) is 23.3 Å². The van der Waals surface area contributed by atoms with Crippen LogP contribution in [0.3, 0.4) is 0 Å². The molecule has 0 saturated heterocycles. The lowest BCUT2D eigenvalue weighted by Crippen LogP contribution is -2.19. The van der Waals surface area contributed by atoms with Gasteiger partial charge >= 0.3 is 0 Å². The van der Waals surface area contributed by atoms with E-state index in [0.29, 0.717) is 6.04 Å². The molecule has 0 aliphatic heterocycles. The number of allylic oxidation sites excluding steroid dienone is 3. The molecule has 0 aromatic rings. The Labute approximate surface area is 61.6 Å². The molecule has 2 aliphatic carbocycles. The van der Waals surface area contributed by atoms with E-state index in [1.807, 2.05) is 0 Å². The highest BCUT2D eigenvalue weighted by Gasteiger charge is 2.21. The second-order valence-corrected chi connectivity index (χ2v) is 3.14. The fraction of sp³-hybridized carbons (Fsp3) is 0.556. The summed E-state index contributed by atoms with van der Waals surface area (Å²) in [5.41, 5.74) is 8.95. The molecule has 10 heavy (non-hydrogen) atoms. The van der Waals surface area contributed by atoms with Crippen molar-refractivity contribution in [1.82, 2.24) is 0 Å². The largest absolute Gasteiger partial charge is 0.324 e. The molecular formula is C9H13N. The molecule has 0 amide bonds. The van der Waals surface area contributed by atoms with Gasteiger partial charge in [-0.15, -0.1) is 0 Å². The maximum atomic E-state index is 5.90. The Kier molecular flexibility index (Phi) is 1.38. The van der Waals surface area contributed by atoms with Crippen LogP contribution in [0.2, 0.25) is 0 Å². The van der Waals surface area contributed by atoms with Crippen molar-refractivity contribution in [3.63, 3.8) is 0 Å². The van der Waals surface area contributed by atoms with Crippen molar-refractivity contribution in [1.29, 1.82) is 0 Å². The smallest absolute Gasteiger partial charge is 0.0262 e. The van der Waals surface area contributed by atoms with Gasteiger partial charge in [-0.25, -0.2) is 0 Å². The molecule has 0 aromatic heterocycles. The summed E-state index contributed by atoms with van der Waals surface area (Å²) in [5.74, 6) is 0. The fourth-order valence-electron chi connectivity index (χ4n) is 1.88. The van der Waals surface area contributed by atoms with Gasteiger partial charge in [-0.2, -0.15) is 0 Å². The molecule has 0 radical (unpaired) electrons. The third kappa shape index (κ3) is 0.816. The highest BCUT2D eigenvalue weighted by Crippen LogP contribution is 2.32. The SMILES string of the molecule is NC1CCC2=C1CCC=C2. The Morgan fingerprint density at radius 3 is 3.10 bits per heavy atom. The zero-order valence-electron chi connectivity index (χ0n) is 6.14. The van der Waals surface area contributed by atoms with Gasteiger partial charge < -0.3 is 5.73 Å². The summed E-state index contributed by atoms with van der Waals surface area (Å²) < 4.78 is 0. The van der Waals surface area contributed by atoms with Gasteiger partial charge in [-0.1, -0.05) is 17.7 Å². The van der Waals surface area contributed by atoms with Crippen molar-refractivity contribution in [2.75, 3.05) is 0 Å². The van der Waals surface area contributed by atoms with Gasteiger partial charge in [-0.05, 0) is 31.3 Å². The van der Waals surface area contributed by atoms with Gasteiger partial charge in [0.15, 0.2) is 0 Å². The Balaban J connectivity index is 2.29. The first-order valence-electron chi connectivity index (χ1n) is 4.02. The molecule has 2 aliphatic rings. The molecule has 1 unspecified atom stereocenters. The van der Waals surface area contributed by atoms with Crippen LogP contribution >= 0.6 is 0 Å². The summed E-state index contributed by atoms with van der Waals surface area (Å²) in [5, 5.41) is 0. The molecule has 1 heteroatoms. The van der Waals surface area contributed by atoms with Gasteiger partial charge in [0, 0.05) is 6.04 Å². The highest BCUT2D eigenvalue weighted by molar-refractivity contribution is 5.36. The van der Waals surface area contributed by atoms with E-state index in [-0.39, 0.29) is 0 Å². The summed E-state index contributed by atoms with van der Waals surface area (Å²) in [4.78, 5) is 0. The van der Waals surface area contributed by atoms with Gasteiger partial charge in [0.05, 0.1) is 0 Å². The topological polar surface area (TPSA) is 26.0 Å². The standard InChI is InChI=1S/C9H13N/c10-9-6-5-7-3-1-2-4-8(7)9/h1,3,9H,2,4-6,10H2. The van der Waals surface area contributed by atoms with Crippen LogP contribution in [0, 0.1) is 0 Å². The molecule has 0 fully saturated rings. The summed E-state index contributed by atoms with van der Waals surface area (Å²) >= 11 is 0. The Morgan fingerprint density at radius 1 is 1.40 bits per heavy atom. The molecule has 2 rings (SSSR count). The Bertz CT molecular complexity index is 201. The first-order chi connectivity index (χ1) is 4.88. The molecular weight excluding hydrogens is 122 g/mol. The lowest BCUT2D eigenvalue weighted by molar-refractivity contribution is 0.722. The van der Waals surface area contributed by atoms with Crippen LogP contribution in [-0.4, -0.2) is 6.04 Å². The summed E-state index contributed by atoms with van der Waals surface area (Å²) in [7, 11) is 0. The summed E-state index contributed by atoms with van der Waals surface area (Å²) in [6.45, 7) is 0. The van der Waals surface area contributed by atoms with E-state index in [0.717, 1.165) is 0 Å². The van der Waals surface area contributed by atoms with Crippen molar-refractivity contribution in [3.05, 3.63) is 23.3 Å². The molecule has 0 heterocycles. The van der Waals surface area contributed by atoms with E-state index in [2.05, 4.69) is 12.2 Å². The van der Waals surface area contributed by atoms with Crippen LogP contribution in [0.4, 0.5) is 0 Å². The van der Waals surface area contributed by atoms with Crippen molar-refractivity contribution in [2.45, 2.75) is 31.7 Å². The minimum absolute atomic E-state index is 0.389. The van der Waals surface area contributed by atoms with E-state index < -0.39 is 0 Å². The lowest BCUT2D eigenvalue weighted by Gasteiger charge is -2.11. The van der Waals surface area contributed by atoms with Gasteiger partial charge in [-0.3, -0.25) is 0 Å². The Morgan fingerprint density at radius 2 is 2.30 bits per heavy atom. The van der Waals surface area contributed by atoms with Crippen LogP contribution in [0.5, 0.6) is 0 Å². The minimum Gasteiger partial charge on any atom is -0.324 e. The zero-order chi connectivity index (χ0) is 6.97. The van der Waals surface area contributed by atoms with Crippen molar-refractivity contribution in [2.24, 2.45) is 5.73 Å². The normalized spacial score (nSPS) is 31.1. The monoisotopic (exact) mass is 135 g/mol. The number of nitrogens with two attached hydrogens (primary N) is 1. The van der Waals surface area contributed by atoms with Crippen LogP contribution in [0.25, 0.3) is 0 Å². The average Bonchev–Trinajstić information content (AvgIpc) is 2.34. The molecule has 1 nitrogen and oxygen atoms in total. The molecule has 0 saturated carbocycles. The third-order valence-electron chi connectivity index (χ3n) is 2.48. The van der Waals surface area contributed by atoms with Crippen LogP contribution in [0.1, 0.15) is 25.7 Å². The number of hydrogen-bond acceptors (Lipinski definition) is 1. The maximum absolute atomic E-state index is 5.90. The number of rotatable bonds is 0. The van der Waals surface area contributed by atoms with Gasteiger partial charge in [0.25, 0.3) is 0 Å². The first-order valence-corrected chi connectivity index (χ1v) is 4.02. The number of hydrogen-bond donors (Lipinski definition) is 1. The second-order valence-electron chi connectivity index (χ2n) is 3.14. The lowest BCUT2D eigenvalue weighted by atomic mass is 9.98. The van der Waals surface area contributed by atoms with Crippen molar-refractivity contribution >= 4 is 0 Å². The quantitative estimate of drug-likeness (QED) is 0.538. The molecule has 54 valence electrons. The van der Waals surface area contributed by atoms with Gasteiger partial charge in [0.2, 0.25) is 0 Å². The first kappa shape index (κ1) is 6.17. The minimum atomic E-state index is 0.389. The van der Waals surface area contributed by atoms with E-state index in [1.165, 1.54) is 36.8 Å². The van der Waals surface area contributed by atoms with Gasteiger partial charge in [0.1, 0.15) is 0 Å². The van der Waals surface area contributed by atoms with E-state index in [1.54, 1.807) is 0 Å². The molecule has 0 spiro atoms. The molecule has 0 bridgehead atoms. The predicted octanol–water partition coefficient (Wildman–Crippen LogP) is 1.75. The van der Waals surface area contributed by atoms with Crippen LogP contribution in [-0.2, 0) is 0 Å². The molecule has 2 N–H and O–H groups in total. The summed E-state index contributed by atoms with van der Waals surface area (Å²) in [6.07, 6.45) is 9.32. The van der Waals surface area contributed by atoms with Crippen molar-refractivity contribution < 1.29 is 0 Å². The predicted molar refractivity (Wildman–Crippen MR) is 42.6 cm³/mol.